The minimum Gasteiger partial charge on any atom is -0.480 e. The molecular formula is C15H13N3O3. The van der Waals surface area contributed by atoms with Crippen LogP contribution in [0.5, 0.6) is 5.75 Å². The van der Waals surface area contributed by atoms with Crippen molar-refractivity contribution >= 4 is 11.8 Å². The first-order valence-electron chi connectivity index (χ1n) is 6.49. The predicted octanol–water partition coefficient (Wildman–Crippen LogP) is 0.846. The molecule has 0 bridgehead atoms. The number of carbonyl (C=O) groups excluding carboxylic acids is 2. The van der Waals surface area contributed by atoms with E-state index in [9.17, 15) is 9.59 Å². The molecule has 1 aliphatic rings. The molecule has 6 heteroatoms. The van der Waals surface area contributed by atoms with Gasteiger partial charge in [0.25, 0.3) is 11.8 Å². The van der Waals surface area contributed by atoms with Crippen molar-refractivity contribution in [2.24, 2.45) is 0 Å². The van der Waals surface area contributed by atoms with Gasteiger partial charge in [0.15, 0.2) is 6.10 Å². The van der Waals surface area contributed by atoms with Crippen LogP contribution in [-0.4, -0.2) is 22.9 Å². The second kappa shape index (κ2) is 5.62. The van der Waals surface area contributed by atoms with Crippen LogP contribution < -0.4 is 15.6 Å². The molecule has 0 spiro atoms. The van der Waals surface area contributed by atoms with E-state index in [1.54, 1.807) is 12.1 Å². The average molecular weight is 283 g/mol. The fraction of sp³-hybridized carbons (Fsp3) is 0.133. The summed E-state index contributed by atoms with van der Waals surface area (Å²) in [5.74, 6) is -0.0759. The van der Waals surface area contributed by atoms with Crippen LogP contribution >= 0.6 is 0 Å². The van der Waals surface area contributed by atoms with Gasteiger partial charge < -0.3 is 4.74 Å². The molecule has 3 rings (SSSR count). The number of nitrogens with one attached hydrogen (secondary N) is 2. The van der Waals surface area contributed by atoms with Crippen molar-refractivity contribution in [3.8, 4) is 5.75 Å². The molecule has 6 nitrogen and oxygen atoms in total. The van der Waals surface area contributed by atoms with Crippen LogP contribution in [-0.2, 0) is 11.2 Å². The third-order valence-corrected chi connectivity index (χ3v) is 3.18. The number of amides is 2. The van der Waals surface area contributed by atoms with Crippen molar-refractivity contribution in [2.75, 3.05) is 0 Å². The summed E-state index contributed by atoms with van der Waals surface area (Å²) in [7, 11) is 0. The number of hydrazine groups is 1. The van der Waals surface area contributed by atoms with E-state index in [4.69, 9.17) is 4.74 Å². The van der Waals surface area contributed by atoms with Crippen LogP contribution in [0.4, 0.5) is 0 Å². The van der Waals surface area contributed by atoms with Crippen molar-refractivity contribution in [1.29, 1.82) is 0 Å². The molecule has 1 atom stereocenters. The van der Waals surface area contributed by atoms with E-state index >= 15 is 0 Å². The molecule has 0 aliphatic carbocycles. The van der Waals surface area contributed by atoms with Gasteiger partial charge in [-0.15, -0.1) is 0 Å². The maximum atomic E-state index is 12.0. The number of aromatic nitrogens is 1. The van der Waals surface area contributed by atoms with Gasteiger partial charge in [-0.25, -0.2) is 0 Å². The number of para-hydroxylation sites is 1. The van der Waals surface area contributed by atoms with Crippen LogP contribution in [0.25, 0.3) is 0 Å². The molecule has 0 fully saturated rings. The molecule has 2 heterocycles. The Balaban J connectivity index is 1.55. The van der Waals surface area contributed by atoms with Crippen LogP contribution in [0.2, 0.25) is 0 Å². The van der Waals surface area contributed by atoms with E-state index in [2.05, 4.69) is 15.8 Å². The highest BCUT2D eigenvalue weighted by molar-refractivity contribution is 5.95. The Morgan fingerprint density at radius 1 is 1.10 bits per heavy atom. The first kappa shape index (κ1) is 13.1. The number of hydrogen-bond donors (Lipinski definition) is 2. The van der Waals surface area contributed by atoms with E-state index in [0.29, 0.717) is 17.7 Å². The first-order chi connectivity index (χ1) is 10.2. The second-order valence-electron chi connectivity index (χ2n) is 4.60. The van der Waals surface area contributed by atoms with Gasteiger partial charge in [0.1, 0.15) is 5.75 Å². The molecular weight excluding hydrogens is 270 g/mol. The maximum absolute atomic E-state index is 12.0. The summed E-state index contributed by atoms with van der Waals surface area (Å²) in [4.78, 5) is 27.6. The lowest BCUT2D eigenvalue weighted by Gasteiger charge is -2.12. The topological polar surface area (TPSA) is 80.3 Å². The summed E-state index contributed by atoms with van der Waals surface area (Å²) in [6.07, 6.45) is 2.88. The highest BCUT2D eigenvalue weighted by Crippen LogP contribution is 2.27. The fourth-order valence-corrected chi connectivity index (χ4v) is 2.10. The number of fused-ring (bicyclic) bond motifs is 1. The van der Waals surface area contributed by atoms with Gasteiger partial charge in [-0.05, 0) is 23.8 Å². The number of nitrogens with zero attached hydrogens (tertiary/aromatic N) is 1. The summed E-state index contributed by atoms with van der Waals surface area (Å²) >= 11 is 0. The number of hydrogen-bond acceptors (Lipinski definition) is 4. The van der Waals surface area contributed by atoms with Crippen LogP contribution in [0.3, 0.4) is 0 Å². The Labute approximate surface area is 121 Å². The van der Waals surface area contributed by atoms with Gasteiger partial charge in [-0.2, -0.15) is 0 Å². The predicted molar refractivity (Wildman–Crippen MR) is 74.4 cm³/mol. The largest absolute Gasteiger partial charge is 0.480 e. The molecule has 1 aromatic heterocycles. The Kier molecular flexibility index (Phi) is 3.51. The monoisotopic (exact) mass is 283 g/mol. The van der Waals surface area contributed by atoms with Crippen LogP contribution in [0, 0.1) is 0 Å². The van der Waals surface area contributed by atoms with Gasteiger partial charge >= 0.3 is 0 Å². The fourth-order valence-electron chi connectivity index (χ4n) is 2.10. The maximum Gasteiger partial charge on any atom is 0.279 e. The van der Waals surface area contributed by atoms with Gasteiger partial charge in [-0.3, -0.25) is 25.4 Å². The van der Waals surface area contributed by atoms with E-state index in [-0.39, 0.29) is 5.91 Å². The zero-order valence-electron chi connectivity index (χ0n) is 11.1. The minimum atomic E-state index is -0.625. The summed E-state index contributed by atoms with van der Waals surface area (Å²) < 4.78 is 5.53. The van der Waals surface area contributed by atoms with Crippen molar-refractivity contribution < 1.29 is 14.3 Å². The highest BCUT2D eigenvalue weighted by atomic mass is 16.5. The molecule has 0 unspecified atom stereocenters. The van der Waals surface area contributed by atoms with Gasteiger partial charge in [0.2, 0.25) is 0 Å². The second-order valence-corrected chi connectivity index (χ2v) is 4.60. The smallest absolute Gasteiger partial charge is 0.279 e. The standard InChI is InChI=1S/C15H13N3O3/c19-14(10-5-7-16-8-6-10)17-18-15(20)13-9-11-3-1-2-4-12(11)21-13/h1-8,13H,9H2,(H,17,19)(H,18,20)/t13-/m0/s1. The minimum absolute atomic E-state index is 0.381. The Morgan fingerprint density at radius 2 is 1.86 bits per heavy atom. The molecule has 0 saturated carbocycles. The summed E-state index contributed by atoms with van der Waals surface area (Å²) in [6, 6.07) is 10.6. The summed E-state index contributed by atoms with van der Waals surface area (Å²) in [5, 5.41) is 0. The number of carbonyl (C=O) groups is 2. The lowest BCUT2D eigenvalue weighted by atomic mass is 10.1. The lowest BCUT2D eigenvalue weighted by Crippen LogP contribution is -2.47. The van der Waals surface area contributed by atoms with E-state index in [0.717, 1.165) is 5.56 Å². The molecule has 106 valence electrons. The quantitative estimate of drug-likeness (QED) is 0.801. The molecule has 1 aliphatic heterocycles. The lowest BCUT2D eigenvalue weighted by molar-refractivity contribution is -0.128. The van der Waals surface area contributed by atoms with Crippen molar-refractivity contribution in [3.05, 3.63) is 59.9 Å². The van der Waals surface area contributed by atoms with Gasteiger partial charge in [0, 0.05) is 24.4 Å². The number of ether oxygens (including phenoxy) is 1. The number of rotatable bonds is 2. The third kappa shape index (κ3) is 2.84. The normalized spacial score (nSPS) is 15.7. The van der Waals surface area contributed by atoms with E-state index in [1.165, 1.54) is 12.4 Å². The van der Waals surface area contributed by atoms with E-state index < -0.39 is 12.0 Å². The van der Waals surface area contributed by atoms with Gasteiger partial charge in [0.05, 0.1) is 0 Å². The number of pyridine rings is 1. The van der Waals surface area contributed by atoms with Crippen LogP contribution in [0.1, 0.15) is 15.9 Å². The van der Waals surface area contributed by atoms with Crippen molar-refractivity contribution in [3.63, 3.8) is 0 Å². The molecule has 0 saturated heterocycles. The molecule has 0 radical (unpaired) electrons. The molecule has 21 heavy (non-hydrogen) atoms. The molecule has 2 amide bonds. The van der Waals surface area contributed by atoms with Crippen LogP contribution in [0.15, 0.2) is 48.8 Å². The average Bonchev–Trinajstić information content (AvgIpc) is 2.97. The molecule has 2 N–H and O–H groups in total. The van der Waals surface area contributed by atoms with E-state index in [1.807, 2.05) is 24.3 Å². The molecule has 1 aromatic carbocycles. The molecule has 2 aromatic rings. The van der Waals surface area contributed by atoms with Crippen molar-refractivity contribution in [1.82, 2.24) is 15.8 Å². The SMILES string of the molecule is O=C(NNC(=O)[C@@H]1Cc2ccccc2O1)c1ccncc1. The third-order valence-electron chi connectivity index (χ3n) is 3.18. The summed E-state index contributed by atoms with van der Waals surface area (Å²) in [5.41, 5.74) is 6.13. The van der Waals surface area contributed by atoms with Gasteiger partial charge in [-0.1, -0.05) is 18.2 Å². The number of benzene rings is 1. The highest BCUT2D eigenvalue weighted by Gasteiger charge is 2.28. The Bertz CT molecular complexity index is 648. The first-order valence-corrected chi connectivity index (χ1v) is 6.49. The van der Waals surface area contributed by atoms with Crippen molar-refractivity contribution in [2.45, 2.75) is 12.5 Å². The Morgan fingerprint density at radius 3 is 2.62 bits per heavy atom. The zero-order valence-corrected chi connectivity index (χ0v) is 11.1. The Hall–Kier alpha value is -2.89. The summed E-state index contributed by atoms with van der Waals surface area (Å²) in [6.45, 7) is 0. The zero-order chi connectivity index (χ0) is 14.7.